The zero-order valence-electron chi connectivity index (χ0n) is 10.4. The van der Waals surface area contributed by atoms with Gasteiger partial charge in [-0.2, -0.15) is 0 Å². The van der Waals surface area contributed by atoms with Gasteiger partial charge >= 0.3 is 0 Å². The first-order chi connectivity index (χ1) is 8.78. The van der Waals surface area contributed by atoms with Gasteiger partial charge in [-0.05, 0) is 48.7 Å². The summed E-state index contributed by atoms with van der Waals surface area (Å²) in [7, 11) is 1.24. The normalized spacial score (nSPS) is 30.2. The van der Waals surface area contributed by atoms with Gasteiger partial charge in [0.15, 0.2) is 0 Å². The molecule has 2 unspecified atom stereocenters. The Morgan fingerprint density at radius 1 is 1.39 bits per heavy atom. The van der Waals surface area contributed by atoms with Crippen molar-refractivity contribution < 1.29 is 4.74 Å². The van der Waals surface area contributed by atoms with Crippen LogP contribution in [-0.2, 0) is 4.74 Å². The van der Waals surface area contributed by atoms with Crippen molar-refractivity contribution in [1.82, 2.24) is 0 Å². The summed E-state index contributed by atoms with van der Waals surface area (Å²) in [5, 5.41) is 0. The molecule has 94 valence electrons. The van der Waals surface area contributed by atoms with Gasteiger partial charge in [0.2, 0.25) is 0 Å². The molecular formula is C15H18NOP. The lowest BCUT2D eigenvalue weighted by atomic mass is 9.85. The first-order valence-electron chi connectivity index (χ1n) is 6.44. The van der Waals surface area contributed by atoms with Gasteiger partial charge in [0.25, 0.3) is 0 Å². The van der Waals surface area contributed by atoms with E-state index < -0.39 is 0 Å². The Hall–Kier alpha value is -1.27. The highest BCUT2D eigenvalue weighted by molar-refractivity contribution is 7.36. The molecule has 0 bridgehead atoms. The molecule has 0 spiro atoms. The zero-order chi connectivity index (χ0) is 12.5. The van der Waals surface area contributed by atoms with Crippen LogP contribution in [0.1, 0.15) is 19.3 Å². The van der Waals surface area contributed by atoms with E-state index in [1.54, 1.807) is 0 Å². The maximum absolute atomic E-state index is 5.96. The van der Waals surface area contributed by atoms with Crippen LogP contribution in [0, 0.1) is 11.8 Å². The average molecular weight is 259 g/mol. The molecule has 0 aromatic carbocycles. The number of hydrogen-bond donors (Lipinski definition) is 1. The lowest BCUT2D eigenvalue weighted by Gasteiger charge is -2.20. The number of ether oxygens (including phenoxy) is 1. The van der Waals surface area contributed by atoms with Crippen molar-refractivity contribution in [3.05, 3.63) is 47.1 Å². The number of nitrogens with two attached hydrogens (primary N) is 1. The monoisotopic (exact) mass is 259 g/mol. The van der Waals surface area contributed by atoms with Crippen molar-refractivity contribution in [1.29, 1.82) is 0 Å². The third-order valence-electron chi connectivity index (χ3n) is 3.84. The Morgan fingerprint density at radius 3 is 3.11 bits per heavy atom. The minimum Gasteiger partial charge on any atom is -0.461 e. The Bertz CT molecular complexity index is 499. The van der Waals surface area contributed by atoms with E-state index in [1.165, 1.54) is 13.8 Å². The highest BCUT2D eigenvalue weighted by atomic mass is 31.1. The third kappa shape index (κ3) is 2.06. The molecule has 2 aliphatic carbocycles. The van der Waals surface area contributed by atoms with E-state index in [9.17, 15) is 0 Å². The van der Waals surface area contributed by atoms with Crippen molar-refractivity contribution in [3.63, 3.8) is 0 Å². The van der Waals surface area contributed by atoms with E-state index in [1.807, 2.05) is 12.2 Å². The fourth-order valence-corrected chi connectivity index (χ4v) is 3.58. The Balaban J connectivity index is 1.87. The quantitative estimate of drug-likeness (QED) is 0.772. The van der Waals surface area contributed by atoms with Gasteiger partial charge in [-0.3, -0.25) is 0 Å². The lowest BCUT2D eigenvalue weighted by Crippen LogP contribution is -2.14. The van der Waals surface area contributed by atoms with Crippen LogP contribution < -0.4 is 5.73 Å². The fraction of sp³-hybridized carbons (Fsp3) is 0.400. The Labute approximate surface area is 110 Å². The third-order valence-corrected chi connectivity index (χ3v) is 4.62. The largest absolute Gasteiger partial charge is 0.461 e. The minimum absolute atomic E-state index is 0.386. The number of hydrogen-bond acceptors (Lipinski definition) is 2. The van der Waals surface area contributed by atoms with Crippen LogP contribution in [0.3, 0.4) is 0 Å². The summed E-state index contributed by atoms with van der Waals surface area (Å²) in [4.78, 5) is 0. The van der Waals surface area contributed by atoms with Crippen molar-refractivity contribution in [3.8, 4) is 0 Å². The van der Waals surface area contributed by atoms with E-state index >= 15 is 0 Å². The second-order valence-corrected chi connectivity index (χ2v) is 5.99. The van der Waals surface area contributed by atoms with E-state index in [4.69, 9.17) is 10.5 Å². The minimum atomic E-state index is 0.386. The molecule has 2 nitrogen and oxygen atoms in total. The first kappa shape index (κ1) is 11.8. The SMILES string of the molecule is C=PCC1CC=CC2=C(C1)C1CC(N)=CC=C1O2. The van der Waals surface area contributed by atoms with Gasteiger partial charge in [-0.25, -0.2) is 0 Å². The van der Waals surface area contributed by atoms with Gasteiger partial charge in [0.05, 0.1) is 0 Å². The van der Waals surface area contributed by atoms with Gasteiger partial charge in [-0.1, -0.05) is 12.4 Å². The van der Waals surface area contributed by atoms with Gasteiger partial charge in [0, 0.05) is 18.0 Å². The molecule has 0 radical (unpaired) electrons. The number of allylic oxidation sites excluding steroid dienone is 6. The second-order valence-electron chi connectivity index (χ2n) is 5.17. The summed E-state index contributed by atoms with van der Waals surface area (Å²) in [6.45, 7) is 0. The average Bonchev–Trinajstić information content (AvgIpc) is 2.55. The lowest BCUT2D eigenvalue weighted by molar-refractivity contribution is 0.314. The standard InChI is InChI=1S/C15H18NOP/c1-18-9-10-3-2-4-14-12(7-10)13-8-11(16)5-6-15(13)17-14/h2,4-6,10,13H,1,3,7-9,16H2. The van der Waals surface area contributed by atoms with Crippen LogP contribution >= 0.6 is 8.20 Å². The summed E-state index contributed by atoms with van der Waals surface area (Å²) in [5.74, 6) is 3.23. The Morgan fingerprint density at radius 2 is 2.28 bits per heavy atom. The molecule has 3 heteroatoms. The predicted octanol–water partition coefficient (Wildman–Crippen LogP) is 3.36. The van der Waals surface area contributed by atoms with Crippen molar-refractivity contribution in [2.45, 2.75) is 19.3 Å². The second kappa shape index (κ2) is 4.78. The smallest absolute Gasteiger partial charge is 0.126 e. The van der Waals surface area contributed by atoms with Gasteiger partial charge < -0.3 is 10.5 Å². The van der Waals surface area contributed by atoms with E-state index in [-0.39, 0.29) is 0 Å². The van der Waals surface area contributed by atoms with Gasteiger partial charge in [0.1, 0.15) is 11.5 Å². The van der Waals surface area contributed by atoms with E-state index in [2.05, 4.69) is 18.5 Å². The molecule has 0 saturated heterocycles. The van der Waals surface area contributed by atoms with Crippen LogP contribution in [0.15, 0.2) is 47.1 Å². The maximum atomic E-state index is 5.96. The zero-order valence-corrected chi connectivity index (χ0v) is 11.3. The molecule has 0 fully saturated rings. The van der Waals surface area contributed by atoms with Crippen molar-refractivity contribution >= 4 is 14.5 Å². The first-order valence-corrected chi connectivity index (χ1v) is 7.70. The molecule has 0 amide bonds. The van der Waals surface area contributed by atoms with Crippen LogP contribution in [0.25, 0.3) is 0 Å². The van der Waals surface area contributed by atoms with Crippen molar-refractivity contribution in [2.75, 3.05) is 6.16 Å². The molecule has 1 aliphatic heterocycles. The Kier molecular flexibility index (Phi) is 3.13. The maximum Gasteiger partial charge on any atom is 0.126 e. The summed E-state index contributed by atoms with van der Waals surface area (Å²) in [6.07, 6.45) is 16.7. The number of fused-ring (bicyclic) bond motifs is 2. The molecule has 2 N–H and O–H groups in total. The molecule has 3 aliphatic rings. The topological polar surface area (TPSA) is 35.2 Å². The molecule has 0 aromatic rings. The van der Waals surface area contributed by atoms with Crippen molar-refractivity contribution in [2.24, 2.45) is 17.6 Å². The molecular weight excluding hydrogens is 241 g/mol. The summed E-state index contributed by atoms with van der Waals surface area (Å²) in [6, 6.07) is 0. The van der Waals surface area contributed by atoms with Crippen LogP contribution in [0.5, 0.6) is 0 Å². The van der Waals surface area contributed by atoms with Crippen LogP contribution in [0.4, 0.5) is 0 Å². The highest BCUT2D eigenvalue weighted by Crippen LogP contribution is 2.44. The summed E-state index contributed by atoms with van der Waals surface area (Å²) >= 11 is 0. The van der Waals surface area contributed by atoms with Gasteiger partial charge in [-0.15, -0.1) is 8.20 Å². The number of rotatable bonds is 2. The summed E-state index contributed by atoms with van der Waals surface area (Å²) < 4.78 is 5.96. The predicted molar refractivity (Wildman–Crippen MR) is 77.3 cm³/mol. The molecule has 0 aromatic heterocycles. The molecule has 18 heavy (non-hydrogen) atoms. The summed E-state index contributed by atoms with van der Waals surface area (Å²) in [5.41, 5.74) is 8.36. The fourth-order valence-electron chi connectivity index (χ4n) is 2.94. The van der Waals surface area contributed by atoms with E-state index in [0.29, 0.717) is 11.8 Å². The molecule has 2 atom stereocenters. The highest BCUT2D eigenvalue weighted by Gasteiger charge is 2.34. The molecule has 1 heterocycles. The van der Waals surface area contributed by atoms with Crippen LogP contribution in [-0.4, -0.2) is 12.5 Å². The molecule has 0 saturated carbocycles. The van der Waals surface area contributed by atoms with Crippen LogP contribution in [0.2, 0.25) is 0 Å². The van der Waals surface area contributed by atoms with E-state index in [0.717, 1.165) is 42.6 Å². The molecule has 3 rings (SSSR count).